The number of aliphatic hydroxyl groups is 1. The van der Waals surface area contributed by atoms with Gasteiger partial charge in [0.05, 0.1) is 17.5 Å². The van der Waals surface area contributed by atoms with E-state index in [1.807, 2.05) is 39.8 Å². The second kappa shape index (κ2) is 10.2. The fraction of sp³-hybridized carbons (Fsp3) is 0.600. The number of nitrogens with two attached hydrogens (primary N) is 1. The smallest absolute Gasteiger partial charge is 0.235 e. The van der Waals surface area contributed by atoms with E-state index in [0.717, 1.165) is 0 Å². The second-order valence-electron chi connectivity index (χ2n) is 13.2. The molecule has 2 fully saturated rings. The van der Waals surface area contributed by atoms with Gasteiger partial charge in [0.25, 0.3) is 0 Å². The number of likely N-dealkylation sites (N-methyl/N-ethyl adjacent to an activating group) is 1. The number of Topliss-reactive ketones (excluding diaryl/α,β-unsaturated/α-hetero) is 5. The van der Waals surface area contributed by atoms with Crippen molar-refractivity contribution in [3.8, 4) is 5.75 Å². The number of aromatic hydroxyl groups is 1. The minimum Gasteiger partial charge on any atom is -0.507 e. The van der Waals surface area contributed by atoms with Crippen LogP contribution >= 0.6 is 0 Å². The molecule has 0 spiro atoms. The van der Waals surface area contributed by atoms with Crippen molar-refractivity contribution in [2.24, 2.45) is 29.4 Å². The van der Waals surface area contributed by atoms with Crippen molar-refractivity contribution in [3.63, 3.8) is 0 Å². The number of hydrogen-bond acceptors (Lipinski definition) is 10. The van der Waals surface area contributed by atoms with Gasteiger partial charge in [-0.25, -0.2) is 0 Å². The average molecular weight is 570 g/mol. The van der Waals surface area contributed by atoms with Crippen molar-refractivity contribution < 1.29 is 39.0 Å². The number of amides is 1. The van der Waals surface area contributed by atoms with Gasteiger partial charge < -0.3 is 20.8 Å². The molecule has 0 aliphatic heterocycles. The number of benzene rings is 1. The predicted octanol–water partition coefficient (Wildman–Crippen LogP) is 0.299. The molecule has 0 bridgehead atoms. The van der Waals surface area contributed by atoms with Crippen LogP contribution in [0.15, 0.2) is 6.07 Å². The minimum absolute atomic E-state index is 0.0485. The molecule has 4 N–H and O–H groups in total. The summed E-state index contributed by atoms with van der Waals surface area (Å²) in [7, 11) is 6.73. The molecule has 1 aromatic rings. The zero-order valence-corrected chi connectivity index (χ0v) is 24.6. The normalized spacial score (nSPS) is 29.9. The Morgan fingerprint density at radius 3 is 2.20 bits per heavy atom. The third-order valence-corrected chi connectivity index (χ3v) is 8.96. The Hall–Kier alpha value is -3.28. The molecule has 222 valence electrons. The Morgan fingerprint density at radius 1 is 1.07 bits per heavy atom. The number of carbonyl (C=O) groups excluding carboxylic acids is 6. The van der Waals surface area contributed by atoms with E-state index in [4.69, 9.17) is 5.73 Å². The predicted molar refractivity (Wildman–Crippen MR) is 148 cm³/mol. The summed E-state index contributed by atoms with van der Waals surface area (Å²) < 4.78 is 0. The first-order valence-corrected chi connectivity index (χ1v) is 13.8. The van der Waals surface area contributed by atoms with Gasteiger partial charge in [-0.15, -0.1) is 0 Å². The van der Waals surface area contributed by atoms with Crippen LogP contribution in [0.3, 0.4) is 0 Å². The van der Waals surface area contributed by atoms with Gasteiger partial charge in [0.1, 0.15) is 5.75 Å². The van der Waals surface area contributed by atoms with E-state index in [2.05, 4.69) is 0 Å². The summed E-state index contributed by atoms with van der Waals surface area (Å²) >= 11 is 0. The summed E-state index contributed by atoms with van der Waals surface area (Å²) in [4.78, 5) is 83.8. The van der Waals surface area contributed by atoms with Gasteiger partial charge >= 0.3 is 0 Å². The Labute approximate surface area is 239 Å². The number of primary amides is 1. The molecule has 1 amide bonds. The van der Waals surface area contributed by atoms with E-state index in [9.17, 15) is 39.0 Å². The third kappa shape index (κ3) is 4.64. The van der Waals surface area contributed by atoms with Crippen LogP contribution in [0.2, 0.25) is 0 Å². The van der Waals surface area contributed by atoms with Gasteiger partial charge in [-0.3, -0.25) is 33.7 Å². The third-order valence-electron chi connectivity index (χ3n) is 8.96. The van der Waals surface area contributed by atoms with E-state index in [-0.39, 0.29) is 36.4 Å². The molecule has 0 radical (unpaired) electrons. The topological polar surface area (TPSA) is 175 Å². The van der Waals surface area contributed by atoms with Crippen LogP contribution in [-0.2, 0) is 31.0 Å². The maximum Gasteiger partial charge on any atom is 0.235 e. The first kappa shape index (κ1) is 30.7. The molecule has 4 rings (SSSR count). The largest absolute Gasteiger partial charge is 0.507 e. The van der Waals surface area contributed by atoms with Crippen molar-refractivity contribution in [3.05, 3.63) is 28.3 Å². The maximum atomic E-state index is 14.1. The average Bonchev–Trinajstić information content (AvgIpc) is 2.83. The van der Waals surface area contributed by atoms with Crippen LogP contribution in [0, 0.1) is 23.7 Å². The molecular formula is C30H39N3O8. The molecule has 2 saturated carbocycles. The number of carbonyl (C=O) groups is 6. The SMILES string of the molecule is CN(C)CCC(=O)c1cc(C(C)(C)C)c(O)c2c1CC1CC3C(N(C)C)C(=O)C(C(N)=O)C(=O)C3(O)C(=O)C1C2=O. The highest BCUT2D eigenvalue weighted by Gasteiger charge is 2.69. The fourth-order valence-electron chi connectivity index (χ4n) is 6.95. The Kier molecular flexibility index (Phi) is 7.64. The number of rotatable bonds is 6. The number of fused-ring (bicyclic) bond motifs is 3. The molecule has 11 nitrogen and oxygen atoms in total. The van der Waals surface area contributed by atoms with E-state index >= 15 is 0 Å². The van der Waals surface area contributed by atoms with Crippen molar-refractivity contribution in [2.75, 3.05) is 34.7 Å². The van der Waals surface area contributed by atoms with Crippen LogP contribution < -0.4 is 5.73 Å². The molecule has 6 atom stereocenters. The monoisotopic (exact) mass is 569 g/mol. The first-order chi connectivity index (χ1) is 18.8. The molecule has 1 aromatic carbocycles. The number of nitrogens with zero attached hydrogens (tertiary/aromatic N) is 2. The molecular weight excluding hydrogens is 530 g/mol. The van der Waals surface area contributed by atoms with Gasteiger partial charge in [0, 0.05) is 30.0 Å². The summed E-state index contributed by atoms with van der Waals surface area (Å²) in [6, 6.07) is 0.434. The van der Waals surface area contributed by atoms with Crippen molar-refractivity contribution in [2.45, 2.75) is 57.1 Å². The van der Waals surface area contributed by atoms with Gasteiger partial charge in [0.15, 0.2) is 40.4 Å². The summed E-state index contributed by atoms with van der Waals surface area (Å²) in [6.45, 7) is 5.92. The zero-order valence-electron chi connectivity index (χ0n) is 24.6. The van der Waals surface area contributed by atoms with Crippen LogP contribution in [0.25, 0.3) is 0 Å². The van der Waals surface area contributed by atoms with Crippen LogP contribution in [0.5, 0.6) is 5.75 Å². The summed E-state index contributed by atoms with van der Waals surface area (Å²) in [5, 5.41) is 23.1. The van der Waals surface area contributed by atoms with Crippen LogP contribution in [0.1, 0.15) is 65.5 Å². The number of ketones is 5. The maximum absolute atomic E-state index is 14.1. The van der Waals surface area contributed by atoms with Gasteiger partial charge in [-0.2, -0.15) is 0 Å². The van der Waals surface area contributed by atoms with Crippen molar-refractivity contribution in [1.29, 1.82) is 0 Å². The highest BCUT2D eigenvalue weighted by molar-refractivity contribution is 6.32. The molecule has 41 heavy (non-hydrogen) atoms. The van der Waals surface area contributed by atoms with E-state index in [1.54, 1.807) is 6.07 Å². The molecule has 0 saturated heterocycles. The van der Waals surface area contributed by atoms with E-state index < -0.39 is 69.8 Å². The second-order valence-corrected chi connectivity index (χ2v) is 13.2. The van der Waals surface area contributed by atoms with E-state index in [1.165, 1.54) is 19.0 Å². The summed E-state index contributed by atoms with van der Waals surface area (Å²) in [5.41, 5.74) is 2.73. The van der Waals surface area contributed by atoms with Gasteiger partial charge in [-0.05, 0) is 64.0 Å². The Balaban J connectivity index is 1.91. The fourth-order valence-corrected chi connectivity index (χ4v) is 6.95. The van der Waals surface area contributed by atoms with Crippen LogP contribution in [0.4, 0.5) is 0 Å². The quantitative estimate of drug-likeness (QED) is 0.319. The zero-order chi connectivity index (χ0) is 30.9. The van der Waals surface area contributed by atoms with Crippen molar-refractivity contribution >= 4 is 34.8 Å². The lowest BCUT2D eigenvalue weighted by atomic mass is 9.52. The lowest BCUT2D eigenvalue weighted by molar-refractivity contribution is -0.181. The van der Waals surface area contributed by atoms with Crippen LogP contribution in [-0.4, -0.2) is 101 Å². The van der Waals surface area contributed by atoms with Gasteiger partial charge in [-0.1, -0.05) is 20.8 Å². The lowest BCUT2D eigenvalue weighted by Crippen LogP contribution is -2.74. The molecule has 0 aromatic heterocycles. The Morgan fingerprint density at radius 2 is 1.68 bits per heavy atom. The molecule has 11 heteroatoms. The van der Waals surface area contributed by atoms with Gasteiger partial charge in [0.2, 0.25) is 5.91 Å². The number of phenolic OH excluding ortho intramolecular Hbond substituents is 1. The Bertz CT molecular complexity index is 1370. The number of phenols is 1. The molecule has 3 aliphatic carbocycles. The highest BCUT2D eigenvalue weighted by atomic mass is 16.3. The molecule has 3 aliphatic rings. The minimum atomic E-state index is -2.79. The summed E-state index contributed by atoms with van der Waals surface area (Å²) in [6.07, 6.45) is 0.140. The highest BCUT2D eigenvalue weighted by Crippen LogP contribution is 2.52. The van der Waals surface area contributed by atoms with E-state index in [0.29, 0.717) is 23.2 Å². The first-order valence-electron chi connectivity index (χ1n) is 13.8. The standard InChI is InChI=1S/C30H39N3O8/c1-29(2,3)17-12-14(18(34)8-9-32(4)5)15-10-13-11-16-22(33(6)7)25(37)21(28(31)40)27(39)30(16,41)26(38)19(13)24(36)20(15)23(17)35/h12-13,16,19,21-22,35,41H,8-11H2,1-7H3,(H2,31,40). The molecule has 0 heterocycles. The summed E-state index contributed by atoms with van der Waals surface area (Å²) in [5.74, 6) is -11.4. The number of hydrogen-bond donors (Lipinski definition) is 3. The lowest BCUT2D eigenvalue weighted by Gasteiger charge is -2.52. The van der Waals surface area contributed by atoms with Crippen molar-refractivity contribution in [1.82, 2.24) is 9.80 Å². The molecule has 6 unspecified atom stereocenters.